The van der Waals surface area contributed by atoms with Crippen molar-refractivity contribution in [3.63, 3.8) is 0 Å². The summed E-state index contributed by atoms with van der Waals surface area (Å²) in [6.45, 7) is 3.77. The first-order valence-corrected chi connectivity index (χ1v) is 4.58. The van der Waals surface area contributed by atoms with E-state index in [1.54, 1.807) is 0 Å². The Morgan fingerprint density at radius 2 is 1.93 bits per heavy atom. The predicted octanol–water partition coefficient (Wildman–Crippen LogP) is -0.0972. The van der Waals surface area contributed by atoms with Crippen LogP contribution in [0.3, 0.4) is 0 Å². The highest BCUT2D eigenvalue weighted by Gasteiger charge is 2.22. The molecule has 0 spiro atoms. The molecule has 2 atom stereocenters. The van der Waals surface area contributed by atoms with Crippen LogP contribution in [0.2, 0.25) is 0 Å². The Labute approximate surface area is 83.9 Å². The number of carbonyl (C=O) groups is 2. The van der Waals surface area contributed by atoms with Crippen molar-refractivity contribution in [2.75, 3.05) is 13.6 Å². The first-order chi connectivity index (χ1) is 6.40. The third-order valence-electron chi connectivity index (χ3n) is 2.26. The van der Waals surface area contributed by atoms with Crippen LogP contribution < -0.4 is 5.73 Å². The number of carbonyl (C=O) groups excluding carboxylic acids is 1. The molecule has 0 aliphatic carbocycles. The zero-order valence-corrected chi connectivity index (χ0v) is 8.86. The van der Waals surface area contributed by atoms with Crippen molar-refractivity contribution in [3.05, 3.63) is 0 Å². The van der Waals surface area contributed by atoms with Crippen LogP contribution in [0.5, 0.6) is 0 Å². The molecule has 1 amide bonds. The molecule has 0 aliphatic heterocycles. The average Bonchev–Trinajstić information content (AvgIpc) is 2.14. The van der Waals surface area contributed by atoms with E-state index in [0.29, 0.717) is 13.0 Å². The fourth-order valence-corrected chi connectivity index (χ4v) is 0.907. The minimum absolute atomic E-state index is 0.0888. The minimum Gasteiger partial charge on any atom is -0.480 e. The molecule has 82 valence electrons. The lowest BCUT2D eigenvalue weighted by Gasteiger charge is -2.22. The molecule has 14 heavy (non-hydrogen) atoms. The van der Waals surface area contributed by atoms with E-state index in [9.17, 15) is 9.59 Å². The van der Waals surface area contributed by atoms with E-state index >= 15 is 0 Å². The summed E-state index contributed by atoms with van der Waals surface area (Å²) in [7, 11) is 1.49. The minimum atomic E-state index is -0.999. The van der Waals surface area contributed by atoms with Gasteiger partial charge in [-0.15, -0.1) is 0 Å². The van der Waals surface area contributed by atoms with Crippen LogP contribution in [-0.2, 0) is 9.59 Å². The summed E-state index contributed by atoms with van der Waals surface area (Å²) in [5, 5.41) is 8.67. The number of carboxylic acids is 1. The Morgan fingerprint density at radius 3 is 2.29 bits per heavy atom. The Hall–Kier alpha value is -1.10. The molecule has 0 rings (SSSR count). The van der Waals surface area contributed by atoms with Crippen molar-refractivity contribution in [3.8, 4) is 0 Å². The largest absolute Gasteiger partial charge is 0.480 e. The van der Waals surface area contributed by atoms with E-state index in [2.05, 4.69) is 0 Å². The molecule has 0 aromatic rings. The van der Waals surface area contributed by atoms with Gasteiger partial charge in [-0.3, -0.25) is 4.79 Å². The Bertz CT molecular complexity index is 218. The maximum Gasteiger partial charge on any atom is 0.326 e. The molecule has 0 saturated heterocycles. The maximum absolute atomic E-state index is 11.5. The van der Waals surface area contributed by atoms with E-state index in [1.807, 2.05) is 6.92 Å². The van der Waals surface area contributed by atoms with Gasteiger partial charge in [-0.05, 0) is 19.4 Å². The molecular formula is C9H18N2O3. The van der Waals surface area contributed by atoms with Gasteiger partial charge in [0.15, 0.2) is 0 Å². The molecule has 5 nitrogen and oxygen atoms in total. The Kier molecular flexibility index (Phi) is 5.15. The van der Waals surface area contributed by atoms with E-state index in [-0.39, 0.29) is 11.8 Å². The van der Waals surface area contributed by atoms with Gasteiger partial charge in [-0.2, -0.15) is 0 Å². The molecular weight excluding hydrogens is 184 g/mol. The van der Waals surface area contributed by atoms with E-state index in [4.69, 9.17) is 10.8 Å². The van der Waals surface area contributed by atoms with Crippen molar-refractivity contribution in [1.29, 1.82) is 0 Å². The summed E-state index contributed by atoms with van der Waals surface area (Å²) in [5.74, 6) is -1.09. The van der Waals surface area contributed by atoms with E-state index < -0.39 is 12.0 Å². The van der Waals surface area contributed by atoms with Gasteiger partial charge in [0.2, 0.25) is 5.91 Å². The molecule has 0 radical (unpaired) electrons. The number of hydrogen-bond acceptors (Lipinski definition) is 3. The summed E-state index contributed by atoms with van der Waals surface area (Å²) in [6, 6.07) is -0.785. The van der Waals surface area contributed by atoms with Gasteiger partial charge in [0.1, 0.15) is 6.04 Å². The lowest BCUT2D eigenvalue weighted by atomic mass is 10.1. The summed E-state index contributed by atoms with van der Waals surface area (Å²) in [5.41, 5.74) is 5.37. The number of aliphatic carboxylic acids is 1. The smallest absolute Gasteiger partial charge is 0.326 e. The zero-order chi connectivity index (χ0) is 11.3. The van der Waals surface area contributed by atoms with Gasteiger partial charge in [0.25, 0.3) is 0 Å². The fraction of sp³-hybridized carbons (Fsp3) is 0.778. The summed E-state index contributed by atoms with van der Waals surface area (Å²) in [4.78, 5) is 23.3. The highest BCUT2D eigenvalue weighted by molar-refractivity contribution is 5.83. The molecule has 0 bridgehead atoms. The van der Waals surface area contributed by atoms with Gasteiger partial charge in [0.05, 0.1) is 0 Å². The van der Waals surface area contributed by atoms with Crippen LogP contribution in [0.4, 0.5) is 0 Å². The van der Waals surface area contributed by atoms with Gasteiger partial charge >= 0.3 is 5.97 Å². The average molecular weight is 202 g/mol. The summed E-state index contributed by atoms with van der Waals surface area (Å²) >= 11 is 0. The number of hydrogen-bond donors (Lipinski definition) is 2. The molecule has 0 fully saturated rings. The van der Waals surface area contributed by atoms with Crippen molar-refractivity contribution < 1.29 is 14.7 Å². The molecule has 0 aliphatic rings. The summed E-state index contributed by atoms with van der Waals surface area (Å²) < 4.78 is 0. The van der Waals surface area contributed by atoms with Crippen LogP contribution in [0.15, 0.2) is 0 Å². The fourth-order valence-electron chi connectivity index (χ4n) is 0.907. The maximum atomic E-state index is 11.5. The van der Waals surface area contributed by atoms with Crippen LogP contribution in [0, 0.1) is 5.92 Å². The first-order valence-electron chi connectivity index (χ1n) is 4.58. The Balaban J connectivity index is 4.18. The zero-order valence-electron chi connectivity index (χ0n) is 8.86. The molecule has 0 aromatic carbocycles. The molecule has 5 heteroatoms. The third kappa shape index (κ3) is 3.74. The molecule has 0 aromatic heterocycles. The van der Waals surface area contributed by atoms with Crippen molar-refractivity contribution in [2.24, 2.45) is 11.7 Å². The lowest BCUT2D eigenvalue weighted by Crippen LogP contribution is -2.41. The van der Waals surface area contributed by atoms with Crippen LogP contribution in [0.25, 0.3) is 0 Å². The third-order valence-corrected chi connectivity index (χ3v) is 2.26. The number of amides is 1. The van der Waals surface area contributed by atoms with Crippen molar-refractivity contribution in [2.45, 2.75) is 26.3 Å². The van der Waals surface area contributed by atoms with E-state index in [1.165, 1.54) is 18.9 Å². The lowest BCUT2D eigenvalue weighted by molar-refractivity contribution is -0.148. The topological polar surface area (TPSA) is 83.6 Å². The number of rotatable bonds is 5. The quantitative estimate of drug-likeness (QED) is 0.652. The van der Waals surface area contributed by atoms with E-state index in [0.717, 1.165) is 0 Å². The van der Waals surface area contributed by atoms with Crippen molar-refractivity contribution in [1.82, 2.24) is 4.90 Å². The van der Waals surface area contributed by atoms with Gasteiger partial charge in [0, 0.05) is 13.5 Å². The standard InChI is InChI=1S/C9H18N2O3/c1-6(5-10)4-8(12)11(3)7(2)9(13)14/h6-7H,4-5,10H2,1-3H3,(H,13,14). The van der Waals surface area contributed by atoms with Gasteiger partial charge in [-0.1, -0.05) is 6.92 Å². The number of nitrogens with two attached hydrogens (primary N) is 1. The number of carboxylic acid groups (broad SMARTS) is 1. The van der Waals surface area contributed by atoms with Crippen LogP contribution in [0.1, 0.15) is 20.3 Å². The highest BCUT2D eigenvalue weighted by atomic mass is 16.4. The number of likely N-dealkylation sites (N-methyl/N-ethyl adjacent to an activating group) is 1. The van der Waals surface area contributed by atoms with Gasteiger partial charge in [-0.25, -0.2) is 4.79 Å². The molecule has 3 N–H and O–H groups in total. The Morgan fingerprint density at radius 1 is 1.43 bits per heavy atom. The molecule has 0 heterocycles. The van der Waals surface area contributed by atoms with Crippen LogP contribution >= 0.6 is 0 Å². The normalized spacial score (nSPS) is 14.6. The highest BCUT2D eigenvalue weighted by Crippen LogP contribution is 2.05. The second-order valence-corrected chi connectivity index (χ2v) is 3.56. The van der Waals surface area contributed by atoms with Crippen LogP contribution in [-0.4, -0.2) is 41.5 Å². The second kappa shape index (κ2) is 5.59. The molecule has 2 unspecified atom stereocenters. The molecule has 0 saturated carbocycles. The van der Waals surface area contributed by atoms with Gasteiger partial charge < -0.3 is 15.7 Å². The van der Waals surface area contributed by atoms with Crippen molar-refractivity contribution >= 4 is 11.9 Å². The monoisotopic (exact) mass is 202 g/mol. The number of nitrogens with zero attached hydrogens (tertiary/aromatic N) is 1. The first kappa shape index (κ1) is 12.9. The predicted molar refractivity (Wildman–Crippen MR) is 52.7 cm³/mol. The second-order valence-electron chi connectivity index (χ2n) is 3.56. The summed E-state index contributed by atoms with van der Waals surface area (Å²) in [6.07, 6.45) is 0.296. The SMILES string of the molecule is CC(CN)CC(=O)N(C)C(C)C(=O)O.